The number of aromatic nitrogens is 2. The second-order valence-electron chi connectivity index (χ2n) is 2.51. The van der Waals surface area contributed by atoms with Crippen LogP contribution in [-0.2, 0) is 11.4 Å². The van der Waals surface area contributed by atoms with E-state index < -0.39 is 0 Å². The van der Waals surface area contributed by atoms with Crippen molar-refractivity contribution < 1.29 is 9.63 Å². The minimum atomic E-state index is -0.372. The molecule has 13 heavy (non-hydrogen) atoms. The number of hydrogen-bond acceptors (Lipinski definition) is 3. The van der Waals surface area contributed by atoms with Crippen LogP contribution >= 0.6 is 0 Å². The molecule has 1 heterocycles. The van der Waals surface area contributed by atoms with Crippen LogP contribution in [0.4, 0.5) is 4.79 Å². The number of hydroxylamine groups is 1. The van der Waals surface area contributed by atoms with E-state index in [0.717, 1.165) is 11.3 Å². The smallest absolute Gasteiger partial charge is 0.332 e. The van der Waals surface area contributed by atoms with Crippen LogP contribution in [0.25, 0.3) is 0 Å². The van der Waals surface area contributed by atoms with Crippen LogP contribution in [0.1, 0.15) is 11.3 Å². The van der Waals surface area contributed by atoms with Crippen LogP contribution < -0.4 is 10.8 Å². The molecule has 0 aliphatic heterocycles. The van der Waals surface area contributed by atoms with E-state index in [9.17, 15) is 4.79 Å². The Bertz CT molecular complexity index is 284. The lowest BCUT2D eigenvalue weighted by Gasteiger charge is -2.03. The lowest BCUT2D eigenvalue weighted by Crippen LogP contribution is -2.34. The van der Waals surface area contributed by atoms with Crippen LogP contribution in [0.15, 0.2) is 6.20 Å². The molecule has 3 N–H and O–H groups in total. The Labute approximate surface area is 75.6 Å². The van der Waals surface area contributed by atoms with Crippen LogP contribution in [-0.4, -0.2) is 23.3 Å². The van der Waals surface area contributed by atoms with Gasteiger partial charge in [-0.25, -0.2) is 10.3 Å². The van der Waals surface area contributed by atoms with Crippen LogP contribution in [0, 0.1) is 6.92 Å². The molecular formula is C7H12N4O2. The first-order chi connectivity index (χ1) is 6.24. The number of nitrogens with one attached hydrogen (secondary N) is 3. The number of amides is 2. The average molecular weight is 184 g/mol. The molecule has 0 saturated carbocycles. The van der Waals surface area contributed by atoms with E-state index >= 15 is 0 Å². The molecule has 0 aliphatic carbocycles. The first-order valence-electron chi connectivity index (χ1n) is 3.79. The number of aryl methyl sites for hydroxylation is 1. The third-order valence-electron chi connectivity index (χ3n) is 1.57. The van der Waals surface area contributed by atoms with Gasteiger partial charge in [0.15, 0.2) is 0 Å². The fraction of sp³-hybridized carbons (Fsp3) is 0.429. The predicted molar refractivity (Wildman–Crippen MR) is 45.7 cm³/mol. The van der Waals surface area contributed by atoms with Gasteiger partial charge in [-0.05, 0) is 6.92 Å². The predicted octanol–water partition coefficient (Wildman–Crippen LogP) is 0.0787. The van der Waals surface area contributed by atoms with Gasteiger partial charge in [0.2, 0.25) is 0 Å². The van der Waals surface area contributed by atoms with Crippen molar-refractivity contribution >= 4 is 6.03 Å². The Hall–Kier alpha value is -1.56. The quantitative estimate of drug-likeness (QED) is 0.582. The molecule has 1 aromatic rings. The first-order valence-corrected chi connectivity index (χ1v) is 3.79. The summed E-state index contributed by atoms with van der Waals surface area (Å²) in [5, 5.41) is 9.18. The third-order valence-corrected chi connectivity index (χ3v) is 1.57. The maximum Gasteiger partial charge on any atom is 0.338 e. The molecule has 0 aliphatic rings. The van der Waals surface area contributed by atoms with Gasteiger partial charge < -0.3 is 5.32 Å². The number of H-pyrrole nitrogens is 1. The van der Waals surface area contributed by atoms with Crippen molar-refractivity contribution in [2.45, 2.75) is 13.5 Å². The first kappa shape index (κ1) is 9.53. The summed E-state index contributed by atoms with van der Waals surface area (Å²) in [6, 6.07) is -0.372. The SMILES string of the molecule is CONC(=O)NCc1cn[nH]c1C. The number of nitrogens with zero attached hydrogens (tertiary/aromatic N) is 1. The summed E-state index contributed by atoms with van der Waals surface area (Å²) in [6.07, 6.45) is 1.67. The van der Waals surface area contributed by atoms with Gasteiger partial charge >= 0.3 is 6.03 Å². The van der Waals surface area contributed by atoms with Crippen molar-refractivity contribution in [1.29, 1.82) is 0 Å². The highest BCUT2D eigenvalue weighted by atomic mass is 16.6. The lowest BCUT2D eigenvalue weighted by molar-refractivity contribution is 0.107. The van der Waals surface area contributed by atoms with Crippen molar-refractivity contribution in [2.75, 3.05) is 7.11 Å². The van der Waals surface area contributed by atoms with Gasteiger partial charge in [0, 0.05) is 17.8 Å². The summed E-state index contributed by atoms with van der Waals surface area (Å²) >= 11 is 0. The van der Waals surface area contributed by atoms with E-state index in [-0.39, 0.29) is 6.03 Å². The maximum atomic E-state index is 10.9. The van der Waals surface area contributed by atoms with Gasteiger partial charge in [0.25, 0.3) is 0 Å². The fourth-order valence-electron chi connectivity index (χ4n) is 0.858. The maximum absolute atomic E-state index is 10.9. The molecule has 1 aromatic heterocycles. The van der Waals surface area contributed by atoms with E-state index in [0.29, 0.717) is 6.54 Å². The Kier molecular flexibility index (Phi) is 3.27. The Morgan fingerprint density at radius 1 is 1.77 bits per heavy atom. The zero-order valence-corrected chi connectivity index (χ0v) is 7.55. The summed E-state index contributed by atoms with van der Waals surface area (Å²) in [6.45, 7) is 2.32. The summed E-state index contributed by atoms with van der Waals surface area (Å²) in [5.41, 5.74) is 4.04. The highest BCUT2D eigenvalue weighted by molar-refractivity contribution is 5.72. The molecule has 0 fully saturated rings. The van der Waals surface area contributed by atoms with Gasteiger partial charge in [-0.3, -0.25) is 9.94 Å². The van der Waals surface area contributed by atoms with E-state index in [2.05, 4.69) is 25.8 Å². The van der Waals surface area contributed by atoms with E-state index in [4.69, 9.17) is 0 Å². The molecule has 0 radical (unpaired) electrons. The topological polar surface area (TPSA) is 79.0 Å². The molecular weight excluding hydrogens is 172 g/mol. The zero-order valence-electron chi connectivity index (χ0n) is 7.55. The van der Waals surface area contributed by atoms with E-state index in [1.165, 1.54) is 7.11 Å². The molecule has 2 amide bonds. The van der Waals surface area contributed by atoms with Gasteiger partial charge in [-0.2, -0.15) is 5.10 Å². The van der Waals surface area contributed by atoms with Crippen molar-refractivity contribution in [3.05, 3.63) is 17.5 Å². The molecule has 0 saturated heterocycles. The van der Waals surface area contributed by atoms with Gasteiger partial charge in [0.1, 0.15) is 0 Å². The monoisotopic (exact) mass is 184 g/mol. The normalized spacial score (nSPS) is 9.69. The largest absolute Gasteiger partial charge is 0.338 e. The van der Waals surface area contributed by atoms with Crippen LogP contribution in [0.5, 0.6) is 0 Å². The minimum absolute atomic E-state index is 0.372. The average Bonchev–Trinajstić information content (AvgIpc) is 2.48. The number of aromatic amines is 1. The van der Waals surface area contributed by atoms with Gasteiger partial charge in [-0.15, -0.1) is 0 Å². The minimum Gasteiger partial charge on any atom is -0.332 e. The number of hydrogen-bond donors (Lipinski definition) is 3. The summed E-state index contributed by atoms with van der Waals surface area (Å²) in [5.74, 6) is 0. The summed E-state index contributed by atoms with van der Waals surface area (Å²) in [7, 11) is 1.38. The van der Waals surface area contributed by atoms with Crippen molar-refractivity contribution in [3.63, 3.8) is 0 Å². The molecule has 6 heteroatoms. The van der Waals surface area contributed by atoms with Gasteiger partial charge in [0.05, 0.1) is 13.3 Å². The molecule has 0 atom stereocenters. The van der Waals surface area contributed by atoms with Gasteiger partial charge in [-0.1, -0.05) is 0 Å². The molecule has 0 spiro atoms. The second kappa shape index (κ2) is 4.46. The zero-order chi connectivity index (χ0) is 9.68. The fourth-order valence-corrected chi connectivity index (χ4v) is 0.858. The molecule has 0 bridgehead atoms. The standard InChI is InChI=1S/C7H12N4O2/c1-5-6(4-9-10-5)3-8-7(12)11-13-2/h4H,3H2,1-2H3,(H,9,10)(H2,8,11,12). The number of carbonyl (C=O) groups excluding carboxylic acids is 1. The van der Waals surface area contributed by atoms with Crippen LogP contribution in [0.2, 0.25) is 0 Å². The number of carbonyl (C=O) groups is 1. The Morgan fingerprint density at radius 2 is 2.54 bits per heavy atom. The molecule has 6 nitrogen and oxygen atoms in total. The number of rotatable bonds is 3. The molecule has 0 unspecified atom stereocenters. The molecule has 1 rings (SSSR count). The molecule has 72 valence electrons. The Balaban J connectivity index is 2.35. The summed E-state index contributed by atoms with van der Waals surface area (Å²) in [4.78, 5) is 15.3. The molecule has 0 aromatic carbocycles. The second-order valence-corrected chi connectivity index (χ2v) is 2.51. The van der Waals surface area contributed by atoms with Crippen molar-refractivity contribution in [3.8, 4) is 0 Å². The van der Waals surface area contributed by atoms with Crippen molar-refractivity contribution in [2.24, 2.45) is 0 Å². The third kappa shape index (κ3) is 2.75. The number of urea groups is 1. The van der Waals surface area contributed by atoms with Crippen molar-refractivity contribution in [1.82, 2.24) is 21.0 Å². The van der Waals surface area contributed by atoms with E-state index in [1.54, 1.807) is 6.20 Å². The Morgan fingerprint density at radius 3 is 3.08 bits per heavy atom. The van der Waals surface area contributed by atoms with E-state index in [1.807, 2.05) is 6.92 Å². The highest BCUT2D eigenvalue weighted by Gasteiger charge is 2.02. The van der Waals surface area contributed by atoms with Crippen LogP contribution in [0.3, 0.4) is 0 Å². The lowest BCUT2D eigenvalue weighted by atomic mass is 10.3. The highest BCUT2D eigenvalue weighted by Crippen LogP contribution is 2.00. The summed E-state index contributed by atoms with van der Waals surface area (Å²) < 4.78 is 0.